The average molecular weight is 265 g/mol. The number of hydrogen-bond donors (Lipinski definition) is 2. The van der Waals surface area contributed by atoms with Crippen molar-refractivity contribution in [3.8, 4) is 0 Å². The molecule has 18 heavy (non-hydrogen) atoms. The van der Waals surface area contributed by atoms with Crippen LogP contribution in [0.1, 0.15) is 0 Å². The van der Waals surface area contributed by atoms with Crippen LogP contribution in [0.5, 0.6) is 0 Å². The van der Waals surface area contributed by atoms with Crippen LogP contribution >= 0.6 is 11.8 Å². The Kier molecular flexibility index (Phi) is 3.60. The first-order valence-electron chi connectivity index (χ1n) is 4.62. The molecule has 10 heteroatoms. The highest BCUT2D eigenvalue weighted by molar-refractivity contribution is 7.99. The first kappa shape index (κ1) is 12.1. The highest BCUT2D eigenvalue weighted by Crippen LogP contribution is 2.34. The maximum atomic E-state index is 11.0. The highest BCUT2D eigenvalue weighted by Gasteiger charge is 2.23. The van der Waals surface area contributed by atoms with E-state index in [4.69, 9.17) is 5.84 Å². The van der Waals surface area contributed by atoms with Crippen LogP contribution in [0.25, 0.3) is 0 Å². The molecule has 0 bridgehead atoms. The van der Waals surface area contributed by atoms with E-state index in [0.717, 1.165) is 11.8 Å². The van der Waals surface area contributed by atoms with Gasteiger partial charge in [0, 0.05) is 6.20 Å². The molecule has 0 radical (unpaired) electrons. The molecule has 0 aliphatic heterocycles. The molecule has 2 aromatic heterocycles. The summed E-state index contributed by atoms with van der Waals surface area (Å²) in [5, 5.41) is 11.7. The number of anilines is 1. The van der Waals surface area contributed by atoms with Crippen LogP contribution in [0.4, 0.5) is 11.5 Å². The van der Waals surface area contributed by atoms with Crippen molar-refractivity contribution < 1.29 is 4.92 Å². The van der Waals surface area contributed by atoms with Gasteiger partial charge in [0.05, 0.1) is 4.92 Å². The summed E-state index contributed by atoms with van der Waals surface area (Å²) < 4.78 is 0. The molecule has 2 rings (SSSR count). The minimum absolute atomic E-state index is 0.0495. The van der Waals surface area contributed by atoms with Crippen molar-refractivity contribution in [1.29, 1.82) is 0 Å². The van der Waals surface area contributed by atoms with Crippen molar-refractivity contribution in [1.82, 2.24) is 19.9 Å². The second-order valence-electron chi connectivity index (χ2n) is 2.93. The fourth-order valence-electron chi connectivity index (χ4n) is 1.15. The Labute approximate surface area is 105 Å². The van der Waals surface area contributed by atoms with Crippen LogP contribution in [0.15, 0.2) is 35.0 Å². The van der Waals surface area contributed by atoms with Gasteiger partial charge in [-0.05, 0) is 17.8 Å². The van der Waals surface area contributed by atoms with Gasteiger partial charge in [-0.25, -0.2) is 25.8 Å². The molecule has 0 saturated heterocycles. The molecule has 0 aliphatic carbocycles. The number of hydrogen-bond acceptors (Lipinski definition) is 9. The molecule has 0 spiro atoms. The molecule has 0 saturated carbocycles. The van der Waals surface area contributed by atoms with Gasteiger partial charge in [-0.3, -0.25) is 10.1 Å². The quantitative estimate of drug-likeness (QED) is 0.353. The molecule has 0 aliphatic rings. The summed E-state index contributed by atoms with van der Waals surface area (Å²) in [5.74, 6) is 5.12. The molecule has 2 aromatic rings. The van der Waals surface area contributed by atoms with Crippen LogP contribution in [0.3, 0.4) is 0 Å². The van der Waals surface area contributed by atoms with Gasteiger partial charge in [0.15, 0.2) is 5.03 Å². The lowest BCUT2D eigenvalue weighted by molar-refractivity contribution is -0.387. The van der Waals surface area contributed by atoms with Gasteiger partial charge < -0.3 is 5.43 Å². The smallest absolute Gasteiger partial charge is 0.303 e. The van der Waals surface area contributed by atoms with Crippen molar-refractivity contribution >= 4 is 23.3 Å². The maximum Gasteiger partial charge on any atom is 0.344 e. The Morgan fingerprint density at radius 2 is 2.17 bits per heavy atom. The van der Waals surface area contributed by atoms with Crippen LogP contribution < -0.4 is 11.3 Å². The summed E-state index contributed by atoms with van der Waals surface area (Å²) in [4.78, 5) is 25.6. The Balaban J connectivity index is 2.42. The van der Waals surface area contributed by atoms with E-state index in [1.807, 2.05) is 0 Å². The first-order valence-corrected chi connectivity index (χ1v) is 5.44. The molecule has 0 amide bonds. The standard InChI is InChI=1S/C8H7N7O2S/c9-14-7-6(15(16)17)8(13-4-12-7)18-5-1-2-10-3-11-5/h1-4H,9H2,(H,12,13,14). The molecular weight excluding hydrogens is 258 g/mol. The molecule has 0 unspecified atom stereocenters. The molecule has 3 N–H and O–H groups in total. The summed E-state index contributed by atoms with van der Waals surface area (Å²) in [6.45, 7) is 0. The van der Waals surface area contributed by atoms with Gasteiger partial charge in [0.1, 0.15) is 17.7 Å². The van der Waals surface area contributed by atoms with E-state index >= 15 is 0 Å². The fraction of sp³-hybridized carbons (Fsp3) is 0. The van der Waals surface area contributed by atoms with Crippen molar-refractivity contribution in [3.63, 3.8) is 0 Å². The Bertz CT molecular complexity index is 565. The van der Waals surface area contributed by atoms with Crippen molar-refractivity contribution in [3.05, 3.63) is 35.0 Å². The zero-order valence-corrected chi connectivity index (χ0v) is 9.66. The van der Waals surface area contributed by atoms with E-state index in [9.17, 15) is 10.1 Å². The van der Waals surface area contributed by atoms with Gasteiger partial charge in [0.25, 0.3) is 0 Å². The predicted octanol–water partition coefficient (Wildman–Crippen LogP) is 0.612. The van der Waals surface area contributed by atoms with Crippen LogP contribution in [0, 0.1) is 10.1 Å². The van der Waals surface area contributed by atoms with Gasteiger partial charge in [-0.1, -0.05) is 0 Å². The topological polar surface area (TPSA) is 133 Å². The second-order valence-corrected chi connectivity index (χ2v) is 3.94. The first-order chi connectivity index (χ1) is 8.72. The van der Waals surface area contributed by atoms with Crippen LogP contribution in [-0.2, 0) is 0 Å². The lowest BCUT2D eigenvalue weighted by Gasteiger charge is -2.04. The van der Waals surface area contributed by atoms with Gasteiger partial charge in [0.2, 0.25) is 5.82 Å². The number of nitro groups is 1. The van der Waals surface area contributed by atoms with Gasteiger partial charge in [-0.15, -0.1) is 0 Å². The second kappa shape index (κ2) is 5.33. The van der Waals surface area contributed by atoms with Gasteiger partial charge in [-0.2, -0.15) is 0 Å². The van der Waals surface area contributed by atoms with E-state index in [1.54, 1.807) is 6.07 Å². The summed E-state index contributed by atoms with van der Waals surface area (Å²) in [5.41, 5.74) is 1.88. The lowest BCUT2D eigenvalue weighted by Crippen LogP contribution is -2.12. The predicted molar refractivity (Wildman–Crippen MR) is 62.7 cm³/mol. The zero-order valence-electron chi connectivity index (χ0n) is 8.85. The third-order valence-corrected chi connectivity index (χ3v) is 2.81. The molecule has 9 nitrogen and oxygen atoms in total. The normalized spacial score (nSPS) is 10.1. The number of nitrogens with two attached hydrogens (primary N) is 1. The minimum atomic E-state index is -0.598. The maximum absolute atomic E-state index is 11.0. The van der Waals surface area contributed by atoms with Crippen molar-refractivity contribution in [2.45, 2.75) is 10.1 Å². The van der Waals surface area contributed by atoms with Crippen molar-refractivity contribution in [2.24, 2.45) is 5.84 Å². The SMILES string of the molecule is NNc1ncnc(Sc2ccncn2)c1[N+](=O)[O-]. The summed E-state index contributed by atoms with van der Waals surface area (Å²) >= 11 is 1.03. The zero-order chi connectivity index (χ0) is 13.0. The largest absolute Gasteiger partial charge is 0.344 e. The monoisotopic (exact) mass is 265 g/mol. The van der Waals surface area contributed by atoms with Crippen LogP contribution in [-0.4, -0.2) is 24.9 Å². The lowest BCUT2D eigenvalue weighted by atomic mass is 10.5. The van der Waals surface area contributed by atoms with E-state index in [0.29, 0.717) is 5.03 Å². The van der Waals surface area contributed by atoms with E-state index < -0.39 is 4.92 Å². The van der Waals surface area contributed by atoms with Crippen LogP contribution in [0.2, 0.25) is 0 Å². The molecule has 2 heterocycles. The van der Waals surface area contributed by atoms with Gasteiger partial charge >= 0.3 is 5.69 Å². The average Bonchev–Trinajstić information content (AvgIpc) is 2.39. The Hall–Kier alpha value is -2.33. The molecule has 0 fully saturated rings. The number of rotatable bonds is 4. The van der Waals surface area contributed by atoms with E-state index in [1.165, 1.54) is 18.9 Å². The van der Waals surface area contributed by atoms with E-state index in [2.05, 4.69) is 25.4 Å². The summed E-state index contributed by atoms with van der Waals surface area (Å²) in [6, 6.07) is 1.62. The number of nitrogens with zero attached hydrogens (tertiary/aromatic N) is 5. The third kappa shape index (κ3) is 2.49. The Morgan fingerprint density at radius 1 is 1.33 bits per heavy atom. The molecule has 0 aromatic carbocycles. The number of aromatic nitrogens is 4. The Morgan fingerprint density at radius 3 is 2.78 bits per heavy atom. The minimum Gasteiger partial charge on any atom is -0.303 e. The summed E-state index contributed by atoms with van der Waals surface area (Å²) in [7, 11) is 0. The number of nitrogen functional groups attached to an aromatic ring is 1. The number of nitrogens with one attached hydrogen (secondary N) is 1. The molecule has 92 valence electrons. The fourth-order valence-corrected chi connectivity index (χ4v) is 1.94. The highest BCUT2D eigenvalue weighted by atomic mass is 32.2. The number of hydrazine groups is 1. The third-order valence-electron chi connectivity index (χ3n) is 1.86. The van der Waals surface area contributed by atoms with Crippen molar-refractivity contribution in [2.75, 3.05) is 5.43 Å². The molecular formula is C8H7N7O2S. The summed E-state index contributed by atoms with van der Waals surface area (Å²) in [6.07, 6.45) is 4.06. The van der Waals surface area contributed by atoms with E-state index in [-0.39, 0.29) is 16.5 Å². The molecule has 0 atom stereocenters.